The van der Waals surface area contributed by atoms with Crippen LogP contribution in [0, 0.1) is 17.8 Å². The first-order chi connectivity index (χ1) is 17.3. The van der Waals surface area contributed by atoms with E-state index in [1.165, 1.54) is 12.0 Å². The molecule has 1 heterocycles. The summed E-state index contributed by atoms with van der Waals surface area (Å²) in [6.07, 6.45) is 1.89. The number of esters is 1. The molecule has 0 aromatic heterocycles. The number of amides is 4. The molecule has 1 aliphatic rings. The zero-order valence-corrected chi connectivity index (χ0v) is 23.2. The number of nitrogens with zero attached hydrogens (tertiary/aromatic N) is 1. The molecule has 1 fully saturated rings. The van der Waals surface area contributed by atoms with Gasteiger partial charge in [-0.2, -0.15) is 0 Å². The van der Waals surface area contributed by atoms with Gasteiger partial charge in [0.2, 0.25) is 23.6 Å². The second-order valence-corrected chi connectivity index (χ2v) is 10.7. The number of likely N-dealkylation sites (tertiary alicyclic amines) is 1. The minimum Gasteiger partial charge on any atom is -0.469 e. The zero-order chi connectivity index (χ0) is 28.3. The summed E-state index contributed by atoms with van der Waals surface area (Å²) >= 11 is 0. The zero-order valence-electron chi connectivity index (χ0n) is 23.2. The second-order valence-electron chi connectivity index (χ2n) is 10.7. The highest BCUT2D eigenvalue weighted by molar-refractivity contribution is 5.95. The first-order valence-corrected chi connectivity index (χ1v) is 13.0. The van der Waals surface area contributed by atoms with Gasteiger partial charge in [0.05, 0.1) is 19.6 Å². The fourth-order valence-electron chi connectivity index (χ4n) is 4.15. The Kier molecular flexibility index (Phi) is 13.3. The molecule has 0 saturated carbocycles. The van der Waals surface area contributed by atoms with Gasteiger partial charge in [0.1, 0.15) is 24.4 Å². The van der Waals surface area contributed by atoms with Crippen LogP contribution in [-0.2, 0) is 33.5 Å². The van der Waals surface area contributed by atoms with Crippen molar-refractivity contribution in [1.82, 2.24) is 20.9 Å². The van der Waals surface area contributed by atoms with Crippen molar-refractivity contribution in [3.63, 3.8) is 0 Å². The molecule has 1 aliphatic heterocycles. The van der Waals surface area contributed by atoms with E-state index in [-0.39, 0.29) is 42.4 Å². The first kappa shape index (κ1) is 32.0. The number of rotatable bonds is 14. The summed E-state index contributed by atoms with van der Waals surface area (Å²) in [6, 6.07) is -3.17. The molecule has 37 heavy (non-hydrogen) atoms. The van der Waals surface area contributed by atoms with E-state index in [9.17, 15) is 28.8 Å². The summed E-state index contributed by atoms with van der Waals surface area (Å²) in [6.45, 7) is 11.4. The molecule has 4 atom stereocenters. The lowest BCUT2D eigenvalue weighted by Crippen LogP contribution is -2.59. The third kappa shape index (κ3) is 10.1. The standard InChI is InChI=1S/C26H44N4O7/c1-15(2)13-18(27-21(32)10-11-22(33)37-7)24(34)29-23(17(5)6)26(36)30-12-8-9-20(30)25(35)28-19(14-31)16(3)4/h14-20,23H,8-13H2,1-7H3,(H,27,32)(H,28,35)(H,29,34)/t18-,19+,20-,23-/m0/s1. The largest absolute Gasteiger partial charge is 0.469 e. The second kappa shape index (κ2) is 15.3. The van der Waals surface area contributed by atoms with E-state index in [2.05, 4.69) is 20.7 Å². The SMILES string of the molecule is COC(=O)CCC(=O)N[C@@H](CC(C)C)C(=O)N[C@H](C(=O)N1CCC[C@H]1C(=O)N[C@H](C=O)C(C)C)C(C)C. The van der Waals surface area contributed by atoms with Gasteiger partial charge in [0.25, 0.3) is 0 Å². The van der Waals surface area contributed by atoms with Gasteiger partial charge >= 0.3 is 5.97 Å². The molecule has 0 aliphatic carbocycles. The van der Waals surface area contributed by atoms with Crippen LogP contribution in [0.3, 0.4) is 0 Å². The van der Waals surface area contributed by atoms with Gasteiger partial charge in [0.15, 0.2) is 0 Å². The highest BCUT2D eigenvalue weighted by atomic mass is 16.5. The van der Waals surface area contributed by atoms with Crippen molar-refractivity contribution < 1.29 is 33.5 Å². The van der Waals surface area contributed by atoms with Gasteiger partial charge in [-0.05, 0) is 37.0 Å². The topological polar surface area (TPSA) is 151 Å². The number of aldehydes is 1. The van der Waals surface area contributed by atoms with Crippen LogP contribution in [0.15, 0.2) is 0 Å². The molecule has 4 amide bonds. The number of carbonyl (C=O) groups excluding carboxylic acids is 6. The molecule has 11 heteroatoms. The Bertz CT molecular complexity index is 828. The van der Waals surface area contributed by atoms with Gasteiger partial charge in [-0.25, -0.2) is 0 Å². The van der Waals surface area contributed by atoms with Gasteiger partial charge < -0.3 is 30.4 Å². The molecule has 3 N–H and O–H groups in total. The van der Waals surface area contributed by atoms with E-state index in [0.717, 1.165) is 0 Å². The highest BCUT2D eigenvalue weighted by Crippen LogP contribution is 2.21. The molecular formula is C26H44N4O7. The number of ether oxygens (including phenoxy) is 1. The molecule has 0 radical (unpaired) electrons. The van der Waals surface area contributed by atoms with Gasteiger partial charge in [-0.1, -0.05) is 41.5 Å². The van der Waals surface area contributed by atoms with Crippen LogP contribution >= 0.6 is 0 Å². The van der Waals surface area contributed by atoms with Crippen LogP contribution in [0.4, 0.5) is 0 Å². The normalized spacial score (nSPS) is 17.8. The summed E-state index contributed by atoms with van der Waals surface area (Å²) in [5.41, 5.74) is 0. The van der Waals surface area contributed by atoms with Crippen molar-refractivity contribution in [3.8, 4) is 0 Å². The lowest BCUT2D eigenvalue weighted by atomic mass is 9.99. The molecule has 0 bridgehead atoms. The first-order valence-electron chi connectivity index (χ1n) is 13.0. The van der Waals surface area contributed by atoms with Crippen LogP contribution in [0.5, 0.6) is 0 Å². The molecule has 0 unspecified atom stereocenters. The van der Waals surface area contributed by atoms with Crippen molar-refractivity contribution in [2.45, 2.75) is 97.8 Å². The van der Waals surface area contributed by atoms with Crippen LogP contribution in [0.2, 0.25) is 0 Å². The van der Waals surface area contributed by atoms with Crippen LogP contribution in [-0.4, -0.2) is 78.6 Å². The van der Waals surface area contributed by atoms with Crippen LogP contribution in [0.25, 0.3) is 0 Å². The maximum atomic E-state index is 13.5. The summed E-state index contributed by atoms with van der Waals surface area (Å²) in [4.78, 5) is 76.2. The number of hydrogen-bond donors (Lipinski definition) is 3. The number of hydrogen-bond acceptors (Lipinski definition) is 7. The Hall–Kier alpha value is -2.98. The number of nitrogens with one attached hydrogen (secondary N) is 3. The summed E-state index contributed by atoms with van der Waals surface area (Å²) in [5, 5.41) is 8.17. The Morgan fingerprint density at radius 2 is 1.59 bits per heavy atom. The van der Waals surface area contributed by atoms with E-state index < -0.39 is 42.0 Å². The van der Waals surface area contributed by atoms with Crippen molar-refractivity contribution >= 4 is 35.9 Å². The van der Waals surface area contributed by atoms with Gasteiger partial charge in [-0.3, -0.25) is 24.0 Å². The fraction of sp³-hybridized carbons (Fsp3) is 0.769. The van der Waals surface area contributed by atoms with E-state index in [0.29, 0.717) is 32.1 Å². The van der Waals surface area contributed by atoms with Crippen molar-refractivity contribution in [1.29, 1.82) is 0 Å². The smallest absolute Gasteiger partial charge is 0.306 e. The summed E-state index contributed by atoms with van der Waals surface area (Å²) in [7, 11) is 1.23. The van der Waals surface area contributed by atoms with E-state index >= 15 is 0 Å². The van der Waals surface area contributed by atoms with Gasteiger partial charge in [-0.15, -0.1) is 0 Å². The predicted octanol–water partition coefficient (Wildman–Crippen LogP) is 0.942. The Balaban J connectivity index is 2.98. The lowest BCUT2D eigenvalue weighted by molar-refractivity contribution is -0.143. The minimum absolute atomic E-state index is 0.0724. The Morgan fingerprint density at radius 3 is 2.11 bits per heavy atom. The molecular weight excluding hydrogens is 480 g/mol. The third-order valence-corrected chi connectivity index (χ3v) is 6.39. The van der Waals surface area contributed by atoms with Crippen LogP contribution in [0.1, 0.15) is 73.6 Å². The molecule has 11 nitrogen and oxygen atoms in total. The highest BCUT2D eigenvalue weighted by Gasteiger charge is 2.40. The molecule has 1 saturated heterocycles. The van der Waals surface area contributed by atoms with E-state index in [4.69, 9.17) is 0 Å². The summed E-state index contributed by atoms with van der Waals surface area (Å²) in [5.74, 6) is -2.57. The van der Waals surface area contributed by atoms with Gasteiger partial charge in [0, 0.05) is 13.0 Å². The van der Waals surface area contributed by atoms with Crippen molar-refractivity contribution in [2.24, 2.45) is 17.8 Å². The molecule has 210 valence electrons. The van der Waals surface area contributed by atoms with E-state index in [1.54, 1.807) is 13.8 Å². The number of methoxy groups -OCH3 is 1. The Morgan fingerprint density at radius 1 is 0.946 bits per heavy atom. The van der Waals surface area contributed by atoms with Crippen molar-refractivity contribution in [2.75, 3.05) is 13.7 Å². The molecule has 1 rings (SSSR count). The predicted molar refractivity (Wildman–Crippen MR) is 137 cm³/mol. The van der Waals surface area contributed by atoms with Crippen LogP contribution < -0.4 is 16.0 Å². The average Bonchev–Trinajstić information content (AvgIpc) is 3.32. The molecule has 0 spiro atoms. The maximum Gasteiger partial charge on any atom is 0.306 e. The minimum atomic E-state index is -0.908. The molecule has 0 aromatic carbocycles. The monoisotopic (exact) mass is 524 g/mol. The Labute approximate surface area is 219 Å². The third-order valence-electron chi connectivity index (χ3n) is 6.39. The maximum absolute atomic E-state index is 13.5. The average molecular weight is 525 g/mol. The lowest BCUT2D eigenvalue weighted by Gasteiger charge is -2.32. The van der Waals surface area contributed by atoms with Crippen molar-refractivity contribution in [3.05, 3.63) is 0 Å². The van der Waals surface area contributed by atoms with E-state index in [1.807, 2.05) is 27.7 Å². The molecule has 0 aromatic rings. The summed E-state index contributed by atoms with van der Waals surface area (Å²) < 4.78 is 4.55. The quantitative estimate of drug-likeness (QED) is 0.226. The fourth-order valence-corrected chi connectivity index (χ4v) is 4.15. The number of carbonyl (C=O) groups is 6.